The van der Waals surface area contributed by atoms with E-state index in [1.165, 1.54) is 16.2 Å². The van der Waals surface area contributed by atoms with Gasteiger partial charge in [-0.15, -0.1) is 22.7 Å². The van der Waals surface area contributed by atoms with Crippen molar-refractivity contribution in [2.75, 3.05) is 38.2 Å². The first kappa shape index (κ1) is 20.9. The van der Waals surface area contributed by atoms with Crippen LogP contribution < -0.4 is 15.0 Å². The summed E-state index contributed by atoms with van der Waals surface area (Å²) in [4.78, 5) is 19.6. The lowest BCUT2D eigenvalue weighted by Gasteiger charge is -2.42. The van der Waals surface area contributed by atoms with E-state index in [0.29, 0.717) is 0 Å². The quantitative estimate of drug-likeness (QED) is 0.586. The molecule has 30 heavy (non-hydrogen) atoms. The maximum atomic E-state index is 12.6. The lowest BCUT2D eigenvalue weighted by atomic mass is 10.0. The molecule has 1 N–H and O–H groups in total. The van der Waals surface area contributed by atoms with E-state index in [4.69, 9.17) is 4.74 Å². The fourth-order valence-electron chi connectivity index (χ4n) is 4.10. The molecule has 0 bridgehead atoms. The van der Waals surface area contributed by atoms with Crippen LogP contribution in [0.3, 0.4) is 0 Å². The Morgan fingerprint density at radius 2 is 1.73 bits per heavy atom. The molecule has 0 aliphatic carbocycles. The number of anilines is 1. The van der Waals surface area contributed by atoms with E-state index in [9.17, 15) is 4.79 Å². The van der Waals surface area contributed by atoms with Crippen LogP contribution in [0, 0.1) is 0 Å². The number of para-hydroxylation sites is 2. The molecular formula is C23H27N3O2S2. The molecule has 1 fully saturated rings. The van der Waals surface area contributed by atoms with Gasteiger partial charge in [-0.2, -0.15) is 0 Å². The third-order valence-corrected chi connectivity index (χ3v) is 7.36. The third kappa shape index (κ3) is 4.53. The number of methoxy groups -OCH3 is 1. The van der Waals surface area contributed by atoms with E-state index in [1.807, 2.05) is 29.6 Å². The predicted octanol–water partition coefficient (Wildman–Crippen LogP) is 4.50. The highest BCUT2D eigenvalue weighted by Crippen LogP contribution is 2.32. The molecule has 3 heterocycles. The molecule has 4 rings (SSSR count). The second kappa shape index (κ2) is 9.64. The van der Waals surface area contributed by atoms with Gasteiger partial charge < -0.3 is 15.0 Å². The van der Waals surface area contributed by atoms with E-state index in [1.54, 1.807) is 18.4 Å². The summed E-state index contributed by atoms with van der Waals surface area (Å²) in [5.74, 6) is 0.920. The van der Waals surface area contributed by atoms with Gasteiger partial charge in [0.1, 0.15) is 5.75 Å². The first-order chi connectivity index (χ1) is 14.7. The molecule has 7 heteroatoms. The van der Waals surface area contributed by atoms with Gasteiger partial charge in [0.25, 0.3) is 5.91 Å². The zero-order valence-electron chi connectivity index (χ0n) is 17.3. The summed E-state index contributed by atoms with van der Waals surface area (Å²) in [6.45, 7) is 5.82. The number of carbonyl (C=O) groups is 1. The molecule has 1 aromatic carbocycles. The molecule has 1 aliphatic rings. The SMILES string of the molecule is COc1ccccc1N1CCN([C@@H](c2cccs2)[C@@H](C)NC(=O)c2cccs2)CC1. The van der Waals surface area contributed by atoms with Crippen LogP contribution in [0.1, 0.15) is 27.5 Å². The van der Waals surface area contributed by atoms with Gasteiger partial charge in [0, 0.05) is 37.1 Å². The average molecular weight is 442 g/mol. The molecule has 5 nitrogen and oxygen atoms in total. The summed E-state index contributed by atoms with van der Waals surface area (Å²) in [7, 11) is 1.72. The minimum Gasteiger partial charge on any atom is -0.495 e. The Morgan fingerprint density at radius 1 is 1.00 bits per heavy atom. The summed E-state index contributed by atoms with van der Waals surface area (Å²) in [6.07, 6.45) is 0. The van der Waals surface area contributed by atoms with Gasteiger partial charge >= 0.3 is 0 Å². The third-order valence-electron chi connectivity index (χ3n) is 5.55. The second-order valence-corrected chi connectivity index (χ2v) is 9.32. The Labute approximate surface area is 185 Å². The number of thiophene rings is 2. The van der Waals surface area contributed by atoms with Crippen molar-refractivity contribution in [1.29, 1.82) is 0 Å². The number of rotatable bonds is 7. The molecule has 2 aromatic heterocycles. The molecule has 1 amide bonds. The van der Waals surface area contributed by atoms with Crippen molar-refractivity contribution in [1.82, 2.24) is 10.2 Å². The van der Waals surface area contributed by atoms with Gasteiger partial charge in [-0.3, -0.25) is 9.69 Å². The van der Waals surface area contributed by atoms with Crippen molar-refractivity contribution < 1.29 is 9.53 Å². The van der Waals surface area contributed by atoms with Gasteiger partial charge in [-0.1, -0.05) is 24.3 Å². The monoisotopic (exact) mass is 441 g/mol. The van der Waals surface area contributed by atoms with Gasteiger partial charge in [-0.25, -0.2) is 0 Å². The van der Waals surface area contributed by atoms with Crippen LogP contribution in [0.5, 0.6) is 5.75 Å². The second-order valence-electron chi connectivity index (χ2n) is 7.39. The van der Waals surface area contributed by atoms with Crippen LogP contribution in [0.4, 0.5) is 5.69 Å². The number of piperazine rings is 1. The highest BCUT2D eigenvalue weighted by molar-refractivity contribution is 7.12. The molecule has 0 spiro atoms. The van der Waals surface area contributed by atoms with E-state index in [-0.39, 0.29) is 18.0 Å². The first-order valence-corrected chi connectivity index (χ1v) is 11.9. The largest absolute Gasteiger partial charge is 0.495 e. The minimum atomic E-state index is 0.00622. The van der Waals surface area contributed by atoms with E-state index >= 15 is 0 Å². The van der Waals surface area contributed by atoms with Gasteiger partial charge in [0.15, 0.2) is 0 Å². The summed E-state index contributed by atoms with van der Waals surface area (Å²) in [5, 5.41) is 7.28. The maximum absolute atomic E-state index is 12.6. The Balaban J connectivity index is 1.47. The normalized spacial score (nSPS) is 16.8. The fourth-order valence-corrected chi connectivity index (χ4v) is 5.69. The lowest BCUT2D eigenvalue weighted by Crippen LogP contribution is -2.52. The Hall–Kier alpha value is -2.35. The number of benzene rings is 1. The highest BCUT2D eigenvalue weighted by atomic mass is 32.1. The number of nitrogens with zero attached hydrogens (tertiary/aromatic N) is 2. The first-order valence-electron chi connectivity index (χ1n) is 10.2. The standard InChI is InChI=1S/C23H27N3O2S2/c1-17(24-23(27)21-10-6-16-30-21)22(20-9-5-15-29-20)26-13-11-25(12-14-26)18-7-3-4-8-19(18)28-2/h3-10,15-17,22H,11-14H2,1-2H3,(H,24,27)/t17-,22-/m1/s1. The molecule has 0 radical (unpaired) electrons. The van der Waals surface area contributed by atoms with Crippen molar-refractivity contribution in [3.8, 4) is 5.75 Å². The Morgan fingerprint density at radius 3 is 2.40 bits per heavy atom. The number of amides is 1. The van der Waals surface area contributed by atoms with Crippen molar-refractivity contribution in [2.24, 2.45) is 0 Å². The predicted molar refractivity (Wildman–Crippen MR) is 125 cm³/mol. The number of hydrogen-bond acceptors (Lipinski definition) is 6. The van der Waals surface area contributed by atoms with E-state index in [2.05, 4.69) is 51.7 Å². The smallest absolute Gasteiger partial charge is 0.261 e. The molecule has 3 aromatic rings. The van der Waals surface area contributed by atoms with Crippen molar-refractivity contribution in [3.05, 3.63) is 69.0 Å². The van der Waals surface area contributed by atoms with Gasteiger partial charge in [0.2, 0.25) is 0 Å². The van der Waals surface area contributed by atoms with Gasteiger partial charge in [-0.05, 0) is 41.9 Å². The summed E-state index contributed by atoms with van der Waals surface area (Å²) in [6, 6.07) is 16.4. The number of hydrogen-bond donors (Lipinski definition) is 1. The van der Waals surface area contributed by atoms with Crippen LogP contribution >= 0.6 is 22.7 Å². The molecule has 0 unspecified atom stereocenters. The van der Waals surface area contributed by atoms with Gasteiger partial charge in [0.05, 0.1) is 23.7 Å². The number of carbonyl (C=O) groups excluding carboxylic acids is 1. The minimum absolute atomic E-state index is 0.00622. The Kier molecular flexibility index (Phi) is 6.72. The van der Waals surface area contributed by atoms with Crippen molar-refractivity contribution in [2.45, 2.75) is 19.0 Å². The fraction of sp³-hybridized carbons (Fsp3) is 0.348. The number of ether oxygens (including phenoxy) is 1. The molecule has 0 saturated carbocycles. The molecular weight excluding hydrogens is 414 g/mol. The zero-order valence-corrected chi connectivity index (χ0v) is 18.9. The van der Waals surface area contributed by atoms with Crippen LogP contribution in [0.25, 0.3) is 0 Å². The highest BCUT2D eigenvalue weighted by Gasteiger charge is 2.31. The molecule has 1 saturated heterocycles. The van der Waals surface area contributed by atoms with Crippen LogP contribution in [-0.4, -0.2) is 50.1 Å². The molecule has 158 valence electrons. The summed E-state index contributed by atoms with van der Waals surface area (Å²) < 4.78 is 5.55. The molecule has 1 aliphatic heterocycles. The van der Waals surface area contributed by atoms with E-state index < -0.39 is 0 Å². The van der Waals surface area contributed by atoms with Crippen LogP contribution in [0.2, 0.25) is 0 Å². The lowest BCUT2D eigenvalue weighted by molar-refractivity contribution is 0.0894. The average Bonchev–Trinajstić information content (AvgIpc) is 3.49. The van der Waals surface area contributed by atoms with E-state index in [0.717, 1.165) is 42.5 Å². The topological polar surface area (TPSA) is 44.8 Å². The molecule has 2 atom stereocenters. The Bertz CT molecular complexity index is 935. The van der Waals surface area contributed by atoms with Crippen molar-refractivity contribution >= 4 is 34.3 Å². The number of nitrogens with one attached hydrogen (secondary N) is 1. The van der Waals surface area contributed by atoms with Crippen molar-refractivity contribution in [3.63, 3.8) is 0 Å². The van der Waals surface area contributed by atoms with Crippen LogP contribution in [0.15, 0.2) is 59.3 Å². The summed E-state index contributed by atoms with van der Waals surface area (Å²) >= 11 is 3.23. The zero-order chi connectivity index (χ0) is 20.9. The summed E-state index contributed by atoms with van der Waals surface area (Å²) in [5.41, 5.74) is 1.14. The van der Waals surface area contributed by atoms with Crippen LogP contribution in [-0.2, 0) is 0 Å². The maximum Gasteiger partial charge on any atom is 0.261 e.